The van der Waals surface area contributed by atoms with Gasteiger partial charge < -0.3 is 4.90 Å². The molecule has 156 valence electrons. The van der Waals surface area contributed by atoms with Crippen LogP contribution >= 0.6 is 35.5 Å². The quantitative estimate of drug-likeness (QED) is 0.379. The summed E-state index contributed by atoms with van der Waals surface area (Å²) in [6, 6.07) is 18.3. The molecule has 0 fully saturated rings. The predicted molar refractivity (Wildman–Crippen MR) is 129 cm³/mol. The average molecular weight is 450 g/mol. The number of nitrogens with zero attached hydrogens (tertiary/aromatic N) is 3. The van der Waals surface area contributed by atoms with Crippen molar-refractivity contribution < 1.29 is 4.79 Å². The van der Waals surface area contributed by atoms with Gasteiger partial charge in [0.2, 0.25) is 5.91 Å². The number of hydrogen-bond acceptors (Lipinski definition) is 5. The number of rotatable bonds is 10. The molecule has 0 aliphatic heterocycles. The van der Waals surface area contributed by atoms with Gasteiger partial charge in [0.15, 0.2) is 5.13 Å². The smallest absolute Gasteiger partial charge is 0.229 e. The molecule has 0 spiro atoms. The normalized spacial score (nSPS) is 10.9. The molecule has 0 radical (unpaired) electrons. The van der Waals surface area contributed by atoms with Crippen molar-refractivity contribution in [3.63, 3.8) is 0 Å². The van der Waals surface area contributed by atoms with E-state index in [0.29, 0.717) is 13.0 Å². The van der Waals surface area contributed by atoms with Crippen LogP contribution in [0, 0.1) is 0 Å². The first-order chi connectivity index (χ1) is 13.7. The molecule has 0 unspecified atom stereocenters. The highest BCUT2D eigenvalue weighted by atomic mass is 35.5. The Bertz CT molecular complexity index is 851. The minimum absolute atomic E-state index is 0. The first kappa shape index (κ1) is 23.7. The zero-order valence-corrected chi connectivity index (χ0v) is 19.4. The summed E-state index contributed by atoms with van der Waals surface area (Å²) in [6.45, 7) is 7.83. The second kappa shape index (κ2) is 12.2. The molecule has 1 aromatic heterocycles. The fourth-order valence-corrected chi connectivity index (χ4v) is 4.86. The van der Waals surface area contributed by atoms with Gasteiger partial charge in [0.1, 0.15) is 0 Å². The Balaban J connectivity index is 0.00000300. The molecule has 29 heavy (non-hydrogen) atoms. The summed E-state index contributed by atoms with van der Waals surface area (Å²) in [4.78, 5) is 23.2. The van der Waals surface area contributed by atoms with Crippen LogP contribution in [0.15, 0.2) is 59.5 Å². The number of aromatic nitrogens is 1. The van der Waals surface area contributed by atoms with Crippen molar-refractivity contribution in [3.8, 4) is 0 Å². The summed E-state index contributed by atoms with van der Waals surface area (Å²) < 4.78 is 1.12. The van der Waals surface area contributed by atoms with Crippen LogP contribution in [0.3, 0.4) is 0 Å². The lowest BCUT2D eigenvalue weighted by Gasteiger charge is -2.24. The molecule has 0 saturated heterocycles. The van der Waals surface area contributed by atoms with Crippen LogP contribution in [0.1, 0.15) is 20.3 Å². The number of carbonyl (C=O) groups excluding carboxylic acids is 1. The highest BCUT2D eigenvalue weighted by molar-refractivity contribution is 7.99. The molecule has 7 heteroatoms. The summed E-state index contributed by atoms with van der Waals surface area (Å²) >= 11 is 3.32. The molecule has 3 rings (SSSR count). The summed E-state index contributed by atoms with van der Waals surface area (Å²) in [5.41, 5.74) is 0.960. The Kier molecular flexibility index (Phi) is 9.94. The van der Waals surface area contributed by atoms with E-state index >= 15 is 0 Å². The molecule has 2 aromatic carbocycles. The number of likely N-dealkylation sites (N-methyl/N-ethyl adjacent to an activating group) is 1. The third kappa shape index (κ3) is 6.71. The fraction of sp³-hybridized carbons (Fsp3) is 0.364. The van der Waals surface area contributed by atoms with Crippen LogP contribution in [-0.4, -0.2) is 47.7 Å². The van der Waals surface area contributed by atoms with Crippen molar-refractivity contribution in [2.75, 3.05) is 36.8 Å². The molecule has 0 aliphatic carbocycles. The topological polar surface area (TPSA) is 36.4 Å². The standard InChI is InChI=1S/C22H27N3OS2.ClH/c1-3-24(4-2)15-16-25(22-23-19-12-8-9-13-20(19)28-22)21(26)14-17-27-18-10-6-5-7-11-18;/h5-13H,3-4,14-17H2,1-2H3;1H. The molecule has 0 aliphatic rings. The Hall–Kier alpha value is -1.60. The van der Waals surface area contributed by atoms with Gasteiger partial charge >= 0.3 is 0 Å². The van der Waals surface area contributed by atoms with Crippen molar-refractivity contribution in [3.05, 3.63) is 54.6 Å². The second-order valence-electron chi connectivity index (χ2n) is 6.45. The minimum Gasteiger partial charge on any atom is -0.302 e. The maximum Gasteiger partial charge on any atom is 0.229 e. The van der Waals surface area contributed by atoms with E-state index in [1.54, 1.807) is 23.1 Å². The van der Waals surface area contributed by atoms with Gasteiger partial charge in [0, 0.05) is 30.2 Å². The number of para-hydroxylation sites is 1. The number of halogens is 1. The molecule has 3 aromatic rings. The number of amides is 1. The van der Waals surface area contributed by atoms with Gasteiger partial charge in [-0.25, -0.2) is 4.98 Å². The lowest BCUT2D eigenvalue weighted by atomic mass is 10.3. The Labute approximate surface area is 187 Å². The van der Waals surface area contributed by atoms with Crippen LogP contribution in [0.4, 0.5) is 5.13 Å². The van der Waals surface area contributed by atoms with E-state index in [-0.39, 0.29) is 18.3 Å². The van der Waals surface area contributed by atoms with Gasteiger partial charge in [-0.05, 0) is 37.4 Å². The lowest BCUT2D eigenvalue weighted by Crippen LogP contribution is -2.39. The highest BCUT2D eigenvalue weighted by Gasteiger charge is 2.20. The van der Waals surface area contributed by atoms with Crippen LogP contribution < -0.4 is 4.90 Å². The van der Waals surface area contributed by atoms with Gasteiger partial charge in [-0.2, -0.15) is 0 Å². The number of carbonyl (C=O) groups is 1. The molecular formula is C22H28ClN3OS2. The summed E-state index contributed by atoms with van der Waals surface area (Å²) in [7, 11) is 0. The molecule has 0 N–H and O–H groups in total. The Morgan fingerprint density at radius 3 is 2.38 bits per heavy atom. The Morgan fingerprint density at radius 1 is 1.00 bits per heavy atom. The van der Waals surface area contributed by atoms with E-state index in [9.17, 15) is 4.79 Å². The molecule has 0 bridgehead atoms. The van der Waals surface area contributed by atoms with Crippen LogP contribution in [0.2, 0.25) is 0 Å². The van der Waals surface area contributed by atoms with Gasteiger partial charge in [-0.3, -0.25) is 9.69 Å². The number of hydrogen-bond donors (Lipinski definition) is 0. The van der Waals surface area contributed by atoms with Crippen molar-refractivity contribution in [2.45, 2.75) is 25.2 Å². The van der Waals surface area contributed by atoms with Gasteiger partial charge in [-0.1, -0.05) is 55.5 Å². The molecule has 0 saturated carbocycles. The lowest BCUT2D eigenvalue weighted by molar-refractivity contribution is -0.118. The maximum absolute atomic E-state index is 13.1. The maximum atomic E-state index is 13.1. The predicted octanol–water partition coefficient (Wildman–Crippen LogP) is 5.58. The monoisotopic (exact) mass is 449 g/mol. The third-order valence-electron chi connectivity index (χ3n) is 4.68. The number of anilines is 1. The molecule has 1 amide bonds. The number of fused-ring (bicyclic) bond motifs is 1. The van der Waals surface area contributed by atoms with Crippen molar-refractivity contribution in [1.29, 1.82) is 0 Å². The molecule has 1 heterocycles. The first-order valence-corrected chi connectivity index (χ1v) is 11.6. The van der Waals surface area contributed by atoms with E-state index in [0.717, 1.165) is 40.7 Å². The van der Waals surface area contributed by atoms with E-state index in [1.807, 2.05) is 41.3 Å². The van der Waals surface area contributed by atoms with E-state index < -0.39 is 0 Å². The van der Waals surface area contributed by atoms with E-state index in [1.165, 1.54) is 4.90 Å². The van der Waals surface area contributed by atoms with Gasteiger partial charge in [0.05, 0.1) is 10.2 Å². The van der Waals surface area contributed by atoms with E-state index in [2.05, 4.69) is 36.9 Å². The van der Waals surface area contributed by atoms with Crippen LogP contribution in [0.5, 0.6) is 0 Å². The minimum atomic E-state index is 0. The van der Waals surface area contributed by atoms with Gasteiger partial charge in [-0.15, -0.1) is 24.2 Å². The molecule has 0 atom stereocenters. The summed E-state index contributed by atoms with van der Waals surface area (Å²) in [5.74, 6) is 0.921. The van der Waals surface area contributed by atoms with Crippen LogP contribution in [0.25, 0.3) is 10.2 Å². The van der Waals surface area contributed by atoms with E-state index in [4.69, 9.17) is 4.98 Å². The van der Waals surface area contributed by atoms with Crippen molar-refractivity contribution in [1.82, 2.24) is 9.88 Å². The SMILES string of the molecule is CCN(CC)CCN(C(=O)CCSc1ccccc1)c1nc2ccccc2s1.Cl. The zero-order chi connectivity index (χ0) is 19.8. The molecule has 4 nitrogen and oxygen atoms in total. The largest absolute Gasteiger partial charge is 0.302 e. The summed E-state index contributed by atoms with van der Waals surface area (Å²) in [6.07, 6.45) is 0.508. The number of thiazole rings is 1. The van der Waals surface area contributed by atoms with Crippen LogP contribution in [-0.2, 0) is 4.79 Å². The number of benzene rings is 2. The Morgan fingerprint density at radius 2 is 1.69 bits per heavy atom. The number of thioether (sulfide) groups is 1. The summed E-state index contributed by atoms with van der Waals surface area (Å²) in [5, 5.41) is 0.808. The van der Waals surface area contributed by atoms with Crippen molar-refractivity contribution in [2.24, 2.45) is 0 Å². The molecular weight excluding hydrogens is 422 g/mol. The second-order valence-corrected chi connectivity index (χ2v) is 8.63. The highest BCUT2D eigenvalue weighted by Crippen LogP contribution is 2.29. The zero-order valence-electron chi connectivity index (χ0n) is 16.9. The first-order valence-electron chi connectivity index (χ1n) is 9.77. The fourth-order valence-electron chi connectivity index (χ4n) is 2.99. The van der Waals surface area contributed by atoms with Crippen molar-refractivity contribution >= 4 is 56.8 Å². The third-order valence-corrected chi connectivity index (χ3v) is 6.75. The average Bonchev–Trinajstić information content (AvgIpc) is 3.15. The van der Waals surface area contributed by atoms with Gasteiger partial charge in [0.25, 0.3) is 0 Å².